The van der Waals surface area contributed by atoms with Gasteiger partial charge in [-0.2, -0.15) is 0 Å². The van der Waals surface area contributed by atoms with Gasteiger partial charge in [0, 0.05) is 21.8 Å². The summed E-state index contributed by atoms with van der Waals surface area (Å²) < 4.78 is 1.08. The van der Waals surface area contributed by atoms with Crippen LogP contribution in [0.15, 0.2) is 101 Å². The highest BCUT2D eigenvalue weighted by Crippen LogP contribution is 2.13. The Bertz CT molecular complexity index is 762. The summed E-state index contributed by atoms with van der Waals surface area (Å²) in [6, 6.07) is 28.7. The molecule has 0 N–H and O–H groups in total. The molecule has 0 aromatic heterocycles. The molecule has 0 fully saturated rings. The van der Waals surface area contributed by atoms with Gasteiger partial charge in [-0.3, -0.25) is 4.99 Å². The first-order valence-corrected chi connectivity index (χ1v) is 8.23. The molecule has 0 saturated heterocycles. The van der Waals surface area contributed by atoms with Gasteiger partial charge in [0.15, 0.2) is 0 Å². The number of rotatable bonds is 4. The molecule has 0 saturated carbocycles. The van der Waals surface area contributed by atoms with E-state index in [0.717, 1.165) is 26.9 Å². The van der Waals surface area contributed by atoms with Gasteiger partial charge in [0.05, 0.1) is 5.71 Å². The fourth-order valence-electron chi connectivity index (χ4n) is 2.28. The van der Waals surface area contributed by atoms with Crippen molar-refractivity contribution in [1.29, 1.82) is 0 Å². The molecule has 23 heavy (non-hydrogen) atoms. The Labute approximate surface area is 145 Å². The summed E-state index contributed by atoms with van der Waals surface area (Å²) in [5, 5.41) is 0. The lowest BCUT2D eigenvalue weighted by Gasteiger charge is -2.05. The second kappa shape index (κ2) is 7.70. The predicted molar refractivity (Wildman–Crippen MR) is 102 cm³/mol. The van der Waals surface area contributed by atoms with Crippen molar-refractivity contribution in [3.8, 4) is 0 Å². The summed E-state index contributed by atoms with van der Waals surface area (Å²) in [6.07, 6.45) is 3.87. The van der Waals surface area contributed by atoms with E-state index in [4.69, 9.17) is 4.99 Å². The van der Waals surface area contributed by atoms with Crippen LogP contribution in [0.2, 0.25) is 0 Å². The van der Waals surface area contributed by atoms with Crippen LogP contribution in [-0.4, -0.2) is 5.71 Å². The molecular formula is C21H16BrN. The van der Waals surface area contributed by atoms with Crippen molar-refractivity contribution in [2.75, 3.05) is 0 Å². The lowest BCUT2D eigenvalue weighted by molar-refractivity contribution is 1.50. The van der Waals surface area contributed by atoms with Crippen LogP contribution in [0.5, 0.6) is 0 Å². The van der Waals surface area contributed by atoms with E-state index in [1.54, 1.807) is 0 Å². The minimum absolute atomic E-state index is 0.972. The number of benzene rings is 3. The van der Waals surface area contributed by atoms with Crippen LogP contribution < -0.4 is 0 Å². The minimum atomic E-state index is 0.972. The molecule has 0 atom stereocenters. The largest absolute Gasteiger partial charge is 0.256 e. The van der Waals surface area contributed by atoms with Crippen LogP contribution in [-0.2, 0) is 0 Å². The predicted octanol–water partition coefficient (Wildman–Crippen LogP) is 5.96. The van der Waals surface area contributed by atoms with E-state index in [9.17, 15) is 0 Å². The smallest absolute Gasteiger partial charge is 0.0774 e. The van der Waals surface area contributed by atoms with Crippen LogP contribution in [0, 0.1) is 0 Å². The standard InChI is InChI=1S/C21H16BrN/c22-20-13-11-17(12-14-20)15-16-23-21(18-7-3-1-4-8-18)19-9-5-2-6-10-19/h1-16H/b16-15+. The van der Waals surface area contributed by atoms with Crippen LogP contribution in [0.1, 0.15) is 16.7 Å². The van der Waals surface area contributed by atoms with Crippen molar-refractivity contribution < 1.29 is 0 Å². The van der Waals surface area contributed by atoms with E-state index in [0.29, 0.717) is 0 Å². The van der Waals surface area contributed by atoms with Gasteiger partial charge in [-0.1, -0.05) is 88.7 Å². The molecule has 3 aromatic rings. The maximum absolute atomic E-state index is 4.71. The normalized spacial score (nSPS) is 10.7. The highest BCUT2D eigenvalue weighted by atomic mass is 79.9. The molecule has 0 aliphatic heterocycles. The third-order valence-corrected chi connectivity index (χ3v) is 3.96. The number of hydrogen-bond acceptors (Lipinski definition) is 1. The summed E-state index contributed by atoms with van der Waals surface area (Å²) in [5.41, 5.74) is 4.32. The highest BCUT2D eigenvalue weighted by molar-refractivity contribution is 9.10. The van der Waals surface area contributed by atoms with Gasteiger partial charge in [0.2, 0.25) is 0 Å². The van der Waals surface area contributed by atoms with Gasteiger partial charge in [-0.25, -0.2) is 0 Å². The maximum Gasteiger partial charge on any atom is 0.0774 e. The average Bonchev–Trinajstić information content (AvgIpc) is 2.62. The van der Waals surface area contributed by atoms with E-state index in [-0.39, 0.29) is 0 Å². The van der Waals surface area contributed by atoms with Crippen molar-refractivity contribution in [3.63, 3.8) is 0 Å². The number of aliphatic imine (C=N–C) groups is 1. The number of nitrogens with zero attached hydrogens (tertiary/aromatic N) is 1. The molecule has 0 aliphatic carbocycles. The van der Waals surface area contributed by atoms with E-state index in [1.165, 1.54) is 0 Å². The molecular weight excluding hydrogens is 346 g/mol. The van der Waals surface area contributed by atoms with Gasteiger partial charge in [0.25, 0.3) is 0 Å². The van der Waals surface area contributed by atoms with E-state index >= 15 is 0 Å². The lowest BCUT2D eigenvalue weighted by Crippen LogP contribution is -2.02. The first-order chi connectivity index (χ1) is 11.3. The fraction of sp³-hybridized carbons (Fsp3) is 0. The Morgan fingerprint density at radius 2 is 1.22 bits per heavy atom. The first-order valence-electron chi connectivity index (χ1n) is 7.44. The quantitative estimate of drug-likeness (QED) is 0.508. The maximum atomic E-state index is 4.71. The number of hydrogen-bond donors (Lipinski definition) is 0. The molecule has 0 radical (unpaired) electrons. The zero-order valence-corrected chi connectivity index (χ0v) is 14.1. The second-order valence-electron chi connectivity index (χ2n) is 5.08. The zero-order chi connectivity index (χ0) is 15.9. The van der Waals surface area contributed by atoms with Crippen LogP contribution >= 0.6 is 15.9 Å². The van der Waals surface area contributed by atoms with Gasteiger partial charge in [-0.15, -0.1) is 0 Å². The van der Waals surface area contributed by atoms with Gasteiger partial charge in [0.1, 0.15) is 0 Å². The van der Waals surface area contributed by atoms with Crippen molar-refractivity contribution in [2.45, 2.75) is 0 Å². The molecule has 0 aliphatic rings. The highest BCUT2D eigenvalue weighted by Gasteiger charge is 2.04. The van der Waals surface area contributed by atoms with Gasteiger partial charge >= 0.3 is 0 Å². The van der Waals surface area contributed by atoms with E-state index in [1.807, 2.05) is 60.8 Å². The Morgan fingerprint density at radius 1 is 0.696 bits per heavy atom. The average molecular weight is 362 g/mol. The Kier molecular flexibility index (Phi) is 5.17. The van der Waals surface area contributed by atoms with Crippen molar-refractivity contribution >= 4 is 27.7 Å². The Hall–Kier alpha value is -2.45. The Balaban J connectivity index is 1.93. The fourth-order valence-corrected chi connectivity index (χ4v) is 2.54. The van der Waals surface area contributed by atoms with E-state index < -0.39 is 0 Å². The topological polar surface area (TPSA) is 12.4 Å². The molecule has 2 heteroatoms. The van der Waals surface area contributed by atoms with Crippen LogP contribution in [0.25, 0.3) is 6.08 Å². The third kappa shape index (κ3) is 4.27. The number of halogens is 1. The molecule has 3 rings (SSSR count). The summed E-state index contributed by atoms with van der Waals surface area (Å²) in [7, 11) is 0. The molecule has 1 nitrogen and oxygen atoms in total. The SMILES string of the molecule is Brc1ccc(/C=C/N=C(c2ccccc2)c2ccccc2)cc1. The van der Waals surface area contributed by atoms with E-state index in [2.05, 4.69) is 52.3 Å². The molecule has 0 amide bonds. The monoisotopic (exact) mass is 361 g/mol. The van der Waals surface area contributed by atoms with Crippen molar-refractivity contribution in [2.24, 2.45) is 4.99 Å². The van der Waals surface area contributed by atoms with Crippen LogP contribution in [0.4, 0.5) is 0 Å². The first kappa shape index (κ1) is 15.4. The molecule has 3 aromatic carbocycles. The molecule has 0 spiro atoms. The summed E-state index contributed by atoms with van der Waals surface area (Å²) in [4.78, 5) is 4.71. The molecule has 0 bridgehead atoms. The molecule has 112 valence electrons. The second-order valence-corrected chi connectivity index (χ2v) is 5.99. The van der Waals surface area contributed by atoms with Crippen molar-refractivity contribution in [1.82, 2.24) is 0 Å². The summed E-state index contributed by atoms with van der Waals surface area (Å²) in [5.74, 6) is 0. The Morgan fingerprint density at radius 3 is 1.74 bits per heavy atom. The van der Waals surface area contributed by atoms with Gasteiger partial charge in [-0.05, 0) is 23.8 Å². The van der Waals surface area contributed by atoms with Crippen molar-refractivity contribution in [3.05, 3.63) is 112 Å². The molecule has 0 heterocycles. The molecule has 0 unspecified atom stereocenters. The summed E-state index contributed by atoms with van der Waals surface area (Å²) >= 11 is 3.45. The van der Waals surface area contributed by atoms with Crippen LogP contribution in [0.3, 0.4) is 0 Å². The van der Waals surface area contributed by atoms with Gasteiger partial charge < -0.3 is 0 Å². The lowest BCUT2D eigenvalue weighted by atomic mass is 10.0. The third-order valence-electron chi connectivity index (χ3n) is 3.44. The summed E-state index contributed by atoms with van der Waals surface area (Å²) in [6.45, 7) is 0. The zero-order valence-electron chi connectivity index (χ0n) is 12.6. The minimum Gasteiger partial charge on any atom is -0.256 e.